The lowest BCUT2D eigenvalue weighted by atomic mass is 10.0. The number of nitrogens with zero attached hydrogens (tertiary/aromatic N) is 3. The summed E-state index contributed by atoms with van der Waals surface area (Å²) in [5.74, 6) is 0.0849. The lowest BCUT2D eigenvalue weighted by Gasteiger charge is -2.30. The summed E-state index contributed by atoms with van der Waals surface area (Å²) in [5.41, 5.74) is 3.12. The highest BCUT2D eigenvalue weighted by Crippen LogP contribution is 2.25. The lowest BCUT2D eigenvalue weighted by molar-refractivity contribution is 0.0732. The molecule has 1 aromatic heterocycles. The average Bonchev–Trinajstić information content (AvgIpc) is 2.90. The Morgan fingerprint density at radius 1 is 1.23 bits per heavy atom. The van der Waals surface area contributed by atoms with Gasteiger partial charge in [-0.3, -0.25) is 9.48 Å². The maximum Gasteiger partial charge on any atom is 0.254 e. The predicted octanol–water partition coefficient (Wildman–Crippen LogP) is 3.60. The van der Waals surface area contributed by atoms with Crippen LogP contribution in [0.15, 0.2) is 34.9 Å². The fourth-order valence-corrected chi connectivity index (χ4v) is 3.12. The molecule has 116 valence electrons. The quantitative estimate of drug-likeness (QED) is 0.778. The zero-order valence-corrected chi connectivity index (χ0v) is 14.7. The average molecular weight is 362 g/mol. The van der Waals surface area contributed by atoms with Gasteiger partial charge in [0.05, 0.1) is 11.7 Å². The Bertz CT molecular complexity index is 698. The van der Waals surface area contributed by atoms with Crippen molar-refractivity contribution < 1.29 is 4.79 Å². The Kier molecular flexibility index (Phi) is 3.85. The van der Waals surface area contributed by atoms with Gasteiger partial charge in [0, 0.05) is 40.8 Å². The van der Waals surface area contributed by atoms with Gasteiger partial charge >= 0.3 is 0 Å². The van der Waals surface area contributed by atoms with Crippen LogP contribution in [0.1, 0.15) is 42.4 Å². The van der Waals surface area contributed by atoms with Gasteiger partial charge in [-0.1, -0.05) is 15.9 Å². The largest absolute Gasteiger partial charge is 0.334 e. The molecule has 1 aromatic carbocycles. The van der Waals surface area contributed by atoms with E-state index in [1.165, 1.54) is 5.69 Å². The number of rotatable bonds is 1. The molecule has 5 heteroatoms. The van der Waals surface area contributed by atoms with Crippen LogP contribution >= 0.6 is 15.9 Å². The number of hydrogen-bond acceptors (Lipinski definition) is 2. The molecule has 0 atom stereocenters. The summed E-state index contributed by atoms with van der Waals surface area (Å²) in [6.45, 7) is 7.84. The molecule has 1 amide bonds. The van der Waals surface area contributed by atoms with Gasteiger partial charge in [-0.2, -0.15) is 5.10 Å². The summed E-state index contributed by atoms with van der Waals surface area (Å²) in [6.07, 6.45) is 2.76. The van der Waals surface area contributed by atoms with E-state index in [0.717, 1.165) is 28.6 Å². The molecule has 0 saturated carbocycles. The highest BCUT2D eigenvalue weighted by molar-refractivity contribution is 9.10. The summed E-state index contributed by atoms with van der Waals surface area (Å²) >= 11 is 3.40. The van der Waals surface area contributed by atoms with Crippen molar-refractivity contribution in [2.24, 2.45) is 0 Å². The molecule has 0 saturated heterocycles. The van der Waals surface area contributed by atoms with Crippen LogP contribution in [-0.4, -0.2) is 27.1 Å². The topological polar surface area (TPSA) is 38.1 Å². The van der Waals surface area contributed by atoms with Crippen LogP contribution < -0.4 is 0 Å². The Labute approximate surface area is 139 Å². The van der Waals surface area contributed by atoms with E-state index >= 15 is 0 Å². The Hall–Kier alpha value is -1.62. The third-order valence-electron chi connectivity index (χ3n) is 3.95. The second-order valence-corrected chi connectivity index (χ2v) is 7.60. The smallest absolute Gasteiger partial charge is 0.254 e. The minimum atomic E-state index is -0.0224. The minimum Gasteiger partial charge on any atom is -0.334 e. The SMILES string of the molecule is CC(C)(C)n1ncc2c1CCN(C(=O)c1ccc(Br)cc1)C2. The van der Waals surface area contributed by atoms with E-state index in [1.807, 2.05) is 35.4 Å². The normalized spacial score (nSPS) is 14.8. The molecule has 1 aliphatic rings. The van der Waals surface area contributed by atoms with E-state index in [4.69, 9.17) is 0 Å². The molecule has 2 heterocycles. The zero-order valence-electron chi connectivity index (χ0n) is 13.1. The highest BCUT2D eigenvalue weighted by Gasteiger charge is 2.27. The number of carbonyl (C=O) groups is 1. The maximum absolute atomic E-state index is 12.6. The summed E-state index contributed by atoms with van der Waals surface area (Å²) in [4.78, 5) is 14.5. The Morgan fingerprint density at radius 2 is 1.91 bits per heavy atom. The number of aromatic nitrogens is 2. The van der Waals surface area contributed by atoms with Crippen molar-refractivity contribution in [3.05, 3.63) is 51.8 Å². The van der Waals surface area contributed by atoms with Crippen LogP contribution in [0, 0.1) is 0 Å². The summed E-state index contributed by atoms with van der Waals surface area (Å²) in [7, 11) is 0. The van der Waals surface area contributed by atoms with Crippen molar-refractivity contribution >= 4 is 21.8 Å². The van der Waals surface area contributed by atoms with Crippen LogP contribution in [0.2, 0.25) is 0 Å². The first-order chi connectivity index (χ1) is 10.4. The van der Waals surface area contributed by atoms with E-state index in [0.29, 0.717) is 6.54 Å². The third-order valence-corrected chi connectivity index (χ3v) is 4.48. The Morgan fingerprint density at radius 3 is 2.55 bits per heavy atom. The summed E-state index contributed by atoms with van der Waals surface area (Å²) in [5, 5.41) is 4.52. The number of halogens is 1. The molecular weight excluding hydrogens is 342 g/mol. The van der Waals surface area contributed by atoms with Crippen molar-refractivity contribution in [1.29, 1.82) is 0 Å². The number of benzene rings is 1. The number of fused-ring (bicyclic) bond motifs is 1. The lowest BCUT2D eigenvalue weighted by Crippen LogP contribution is -2.37. The molecule has 0 N–H and O–H groups in total. The van der Waals surface area contributed by atoms with Crippen molar-refractivity contribution in [2.75, 3.05) is 6.54 Å². The molecule has 22 heavy (non-hydrogen) atoms. The van der Waals surface area contributed by atoms with Crippen molar-refractivity contribution in [2.45, 2.75) is 39.3 Å². The van der Waals surface area contributed by atoms with Crippen LogP contribution in [0.5, 0.6) is 0 Å². The van der Waals surface area contributed by atoms with Gasteiger partial charge in [-0.05, 0) is 45.0 Å². The first-order valence-corrected chi connectivity index (χ1v) is 8.26. The molecule has 0 bridgehead atoms. The minimum absolute atomic E-state index is 0.0224. The van der Waals surface area contributed by atoms with E-state index in [-0.39, 0.29) is 11.4 Å². The first kappa shape index (κ1) is 15.3. The van der Waals surface area contributed by atoms with Crippen molar-refractivity contribution in [3.63, 3.8) is 0 Å². The van der Waals surface area contributed by atoms with E-state index in [9.17, 15) is 4.79 Å². The van der Waals surface area contributed by atoms with E-state index in [2.05, 4.69) is 46.5 Å². The molecule has 4 nitrogen and oxygen atoms in total. The van der Waals surface area contributed by atoms with Crippen LogP contribution in [0.4, 0.5) is 0 Å². The number of carbonyl (C=O) groups excluding carboxylic acids is 1. The number of amides is 1. The molecule has 0 radical (unpaired) electrons. The van der Waals surface area contributed by atoms with Crippen molar-refractivity contribution in [3.8, 4) is 0 Å². The molecule has 0 aliphatic carbocycles. The maximum atomic E-state index is 12.6. The second-order valence-electron chi connectivity index (χ2n) is 6.68. The second kappa shape index (κ2) is 5.54. The van der Waals surface area contributed by atoms with Gasteiger partial charge in [0.25, 0.3) is 5.91 Å². The zero-order chi connectivity index (χ0) is 15.9. The number of hydrogen-bond donors (Lipinski definition) is 0. The highest BCUT2D eigenvalue weighted by atomic mass is 79.9. The predicted molar refractivity (Wildman–Crippen MR) is 89.8 cm³/mol. The molecule has 0 unspecified atom stereocenters. The molecule has 2 aromatic rings. The summed E-state index contributed by atoms with van der Waals surface area (Å²) < 4.78 is 3.07. The summed E-state index contributed by atoms with van der Waals surface area (Å²) in [6, 6.07) is 7.53. The van der Waals surface area contributed by atoms with Gasteiger partial charge in [0.15, 0.2) is 0 Å². The standard InChI is InChI=1S/C17H20BrN3O/c1-17(2,3)21-15-8-9-20(11-13(15)10-19-21)16(22)12-4-6-14(18)7-5-12/h4-7,10H,8-9,11H2,1-3H3. The van der Waals surface area contributed by atoms with Gasteiger partial charge < -0.3 is 4.90 Å². The van der Waals surface area contributed by atoms with E-state index in [1.54, 1.807) is 0 Å². The Balaban J connectivity index is 1.81. The van der Waals surface area contributed by atoms with E-state index < -0.39 is 0 Å². The van der Waals surface area contributed by atoms with Gasteiger partial charge in [0.2, 0.25) is 0 Å². The molecule has 1 aliphatic heterocycles. The molecule has 0 fully saturated rings. The fourth-order valence-electron chi connectivity index (χ4n) is 2.86. The van der Waals surface area contributed by atoms with Crippen LogP contribution in [0.25, 0.3) is 0 Å². The monoisotopic (exact) mass is 361 g/mol. The van der Waals surface area contributed by atoms with Gasteiger partial charge in [-0.25, -0.2) is 0 Å². The fraction of sp³-hybridized carbons (Fsp3) is 0.412. The van der Waals surface area contributed by atoms with Gasteiger partial charge in [0.1, 0.15) is 0 Å². The molecular formula is C17H20BrN3O. The first-order valence-electron chi connectivity index (χ1n) is 7.47. The third kappa shape index (κ3) is 2.82. The van der Waals surface area contributed by atoms with Crippen LogP contribution in [-0.2, 0) is 18.5 Å². The van der Waals surface area contributed by atoms with Crippen molar-refractivity contribution in [1.82, 2.24) is 14.7 Å². The molecule has 0 spiro atoms. The molecule has 3 rings (SSSR count). The van der Waals surface area contributed by atoms with Crippen LogP contribution in [0.3, 0.4) is 0 Å². The van der Waals surface area contributed by atoms with Gasteiger partial charge in [-0.15, -0.1) is 0 Å².